The van der Waals surface area contributed by atoms with Gasteiger partial charge in [0.15, 0.2) is 0 Å². The Morgan fingerprint density at radius 2 is 1.57 bits per heavy atom. The zero-order chi connectivity index (χ0) is 21.7. The largest absolute Gasteiger partial charge is 0.416 e. The number of carbonyl (C=O) groups excluding carboxylic acids is 1. The van der Waals surface area contributed by atoms with Gasteiger partial charge in [0.25, 0.3) is 0 Å². The van der Waals surface area contributed by atoms with Crippen LogP contribution in [0.15, 0.2) is 42.5 Å². The standard InChI is InChI=1S/C22H23F5N2O/c23-19-3-1-4-20(24)18(19)9-10-21(30)29-12-2-11-28(13-14-29)15-16-5-7-17(8-6-16)22(25,26)27/h1,3-8H,2,9-15H2. The smallest absolute Gasteiger partial charge is 0.341 e. The van der Waals surface area contributed by atoms with Crippen LogP contribution in [0.5, 0.6) is 0 Å². The van der Waals surface area contributed by atoms with E-state index >= 15 is 0 Å². The van der Waals surface area contributed by atoms with Gasteiger partial charge in [0.1, 0.15) is 11.6 Å². The number of alkyl halides is 3. The van der Waals surface area contributed by atoms with Gasteiger partial charge in [-0.15, -0.1) is 0 Å². The molecule has 0 spiro atoms. The summed E-state index contributed by atoms with van der Waals surface area (Å²) in [4.78, 5) is 16.3. The summed E-state index contributed by atoms with van der Waals surface area (Å²) in [5.74, 6) is -1.46. The van der Waals surface area contributed by atoms with E-state index in [4.69, 9.17) is 0 Å². The fraction of sp³-hybridized carbons (Fsp3) is 0.409. The summed E-state index contributed by atoms with van der Waals surface area (Å²) in [5, 5.41) is 0. The van der Waals surface area contributed by atoms with Crippen molar-refractivity contribution >= 4 is 5.91 Å². The maximum absolute atomic E-state index is 13.7. The van der Waals surface area contributed by atoms with E-state index in [0.29, 0.717) is 32.7 Å². The van der Waals surface area contributed by atoms with E-state index in [9.17, 15) is 26.7 Å². The topological polar surface area (TPSA) is 23.6 Å². The molecule has 1 aliphatic heterocycles. The molecule has 1 heterocycles. The maximum Gasteiger partial charge on any atom is 0.416 e. The van der Waals surface area contributed by atoms with Crippen LogP contribution in [0.4, 0.5) is 22.0 Å². The Morgan fingerprint density at radius 3 is 2.20 bits per heavy atom. The third-order valence-corrected chi connectivity index (χ3v) is 5.28. The Morgan fingerprint density at radius 1 is 0.900 bits per heavy atom. The van der Waals surface area contributed by atoms with Crippen LogP contribution >= 0.6 is 0 Å². The summed E-state index contributed by atoms with van der Waals surface area (Å²) in [6.07, 6.45) is -3.60. The van der Waals surface area contributed by atoms with Gasteiger partial charge in [0, 0.05) is 44.7 Å². The highest BCUT2D eigenvalue weighted by Crippen LogP contribution is 2.29. The van der Waals surface area contributed by atoms with Gasteiger partial charge in [0.2, 0.25) is 5.91 Å². The molecule has 3 rings (SSSR count). The van der Waals surface area contributed by atoms with Crippen molar-refractivity contribution in [3.8, 4) is 0 Å². The number of carbonyl (C=O) groups is 1. The van der Waals surface area contributed by atoms with Gasteiger partial charge >= 0.3 is 6.18 Å². The monoisotopic (exact) mass is 426 g/mol. The van der Waals surface area contributed by atoms with Crippen LogP contribution in [0.3, 0.4) is 0 Å². The SMILES string of the molecule is O=C(CCc1c(F)cccc1F)N1CCCN(Cc2ccc(C(F)(F)F)cc2)CC1. The lowest BCUT2D eigenvalue weighted by Gasteiger charge is -2.22. The lowest BCUT2D eigenvalue weighted by atomic mass is 10.1. The average molecular weight is 426 g/mol. The Bertz CT molecular complexity index is 847. The number of hydrogen-bond acceptors (Lipinski definition) is 2. The normalized spacial score (nSPS) is 15.8. The van der Waals surface area contributed by atoms with E-state index < -0.39 is 23.4 Å². The summed E-state index contributed by atoms with van der Waals surface area (Å²) in [7, 11) is 0. The molecule has 162 valence electrons. The van der Waals surface area contributed by atoms with Crippen molar-refractivity contribution in [3.63, 3.8) is 0 Å². The van der Waals surface area contributed by atoms with Crippen molar-refractivity contribution in [3.05, 3.63) is 70.8 Å². The molecule has 1 saturated heterocycles. The van der Waals surface area contributed by atoms with Crippen LogP contribution in [0.2, 0.25) is 0 Å². The van der Waals surface area contributed by atoms with Crippen LogP contribution < -0.4 is 0 Å². The van der Waals surface area contributed by atoms with Crippen LogP contribution in [-0.4, -0.2) is 41.9 Å². The van der Waals surface area contributed by atoms with E-state index in [1.54, 1.807) is 4.90 Å². The third-order valence-electron chi connectivity index (χ3n) is 5.28. The van der Waals surface area contributed by atoms with E-state index in [-0.39, 0.29) is 24.3 Å². The molecule has 0 unspecified atom stereocenters. The number of hydrogen-bond donors (Lipinski definition) is 0. The molecule has 0 aromatic heterocycles. The summed E-state index contributed by atoms with van der Waals surface area (Å²) in [5.41, 5.74) is 0.0209. The Hall–Kier alpha value is -2.48. The van der Waals surface area contributed by atoms with Crippen molar-refractivity contribution in [2.75, 3.05) is 26.2 Å². The lowest BCUT2D eigenvalue weighted by molar-refractivity contribution is -0.137. The van der Waals surface area contributed by atoms with Gasteiger partial charge in [-0.25, -0.2) is 8.78 Å². The fourth-order valence-corrected chi connectivity index (χ4v) is 3.60. The second-order valence-corrected chi connectivity index (χ2v) is 7.41. The molecule has 8 heteroatoms. The fourth-order valence-electron chi connectivity index (χ4n) is 3.60. The first kappa shape index (κ1) is 22.2. The predicted molar refractivity (Wildman–Crippen MR) is 103 cm³/mol. The molecule has 0 radical (unpaired) electrons. The number of halogens is 5. The highest BCUT2D eigenvalue weighted by Gasteiger charge is 2.30. The molecule has 1 fully saturated rings. The van der Waals surface area contributed by atoms with Crippen LogP contribution in [-0.2, 0) is 23.9 Å². The highest BCUT2D eigenvalue weighted by molar-refractivity contribution is 5.76. The minimum atomic E-state index is -4.35. The summed E-state index contributed by atoms with van der Waals surface area (Å²) < 4.78 is 65.5. The van der Waals surface area contributed by atoms with Gasteiger partial charge in [-0.1, -0.05) is 18.2 Å². The minimum Gasteiger partial charge on any atom is -0.341 e. The Kier molecular flexibility index (Phi) is 7.07. The number of benzene rings is 2. The molecule has 0 atom stereocenters. The average Bonchev–Trinajstić information content (AvgIpc) is 2.93. The first-order valence-electron chi connectivity index (χ1n) is 9.83. The molecule has 2 aromatic rings. The van der Waals surface area contributed by atoms with Gasteiger partial charge < -0.3 is 4.90 Å². The van der Waals surface area contributed by atoms with E-state index in [2.05, 4.69) is 4.90 Å². The molecular weight excluding hydrogens is 403 g/mol. The molecule has 30 heavy (non-hydrogen) atoms. The van der Waals surface area contributed by atoms with Crippen molar-refractivity contribution < 1.29 is 26.7 Å². The van der Waals surface area contributed by atoms with Crippen molar-refractivity contribution in [2.24, 2.45) is 0 Å². The van der Waals surface area contributed by atoms with Crippen LogP contribution in [0.25, 0.3) is 0 Å². The van der Waals surface area contributed by atoms with E-state index in [1.807, 2.05) is 0 Å². The van der Waals surface area contributed by atoms with Crippen molar-refractivity contribution in [2.45, 2.75) is 32.0 Å². The maximum atomic E-state index is 13.7. The zero-order valence-electron chi connectivity index (χ0n) is 16.4. The molecule has 0 N–H and O–H groups in total. The number of rotatable bonds is 5. The summed E-state index contributed by atoms with van der Waals surface area (Å²) in [6.45, 7) is 2.81. The highest BCUT2D eigenvalue weighted by atomic mass is 19.4. The van der Waals surface area contributed by atoms with Gasteiger partial charge in [0.05, 0.1) is 5.56 Å². The quantitative estimate of drug-likeness (QED) is 0.650. The molecule has 0 saturated carbocycles. The first-order valence-corrected chi connectivity index (χ1v) is 9.83. The summed E-state index contributed by atoms with van der Waals surface area (Å²) in [6, 6.07) is 8.73. The minimum absolute atomic E-state index is 0.00308. The second-order valence-electron chi connectivity index (χ2n) is 7.41. The Labute approximate surface area is 172 Å². The van der Waals surface area contributed by atoms with Gasteiger partial charge in [-0.2, -0.15) is 13.2 Å². The molecular formula is C22H23F5N2O. The molecule has 0 bridgehead atoms. The first-order chi connectivity index (χ1) is 14.2. The lowest BCUT2D eigenvalue weighted by Crippen LogP contribution is -2.35. The van der Waals surface area contributed by atoms with Gasteiger partial charge in [-0.3, -0.25) is 9.69 Å². The summed E-state index contributed by atoms with van der Waals surface area (Å²) >= 11 is 0. The second kappa shape index (κ2) is 9.55. The van der Waals surface area contributed by atoms with E-state index in [1.165, 1.54) is 30.3 Å². The molecule has 1 aliphatic rings. The molecule has 3 nitrogen and oxygen atoms in total. The van der Waals surface area contributed by atoms with E-state index in [0.717, 1.165) is 24.1 Å². The Balaban J connectivity index is 1.51. The van der Waals surface area contributed by atoms with Crippen LogP contribution in [0, 0.1) is 11.6 Å². The number of nitrogens with zero attached hydrogens (tertiary/aromatic N) is 2. The van der Waals surface area contributed by atoms with Crippen LogP contribution in [0.1, 0.15) is 29.5 Å². The predicted octanol–water partition coefficient (Wildman–Crippen LogP) is 4.65. The van der Waals surface area contributed by atoms with Gasteiger partial charge in [-0.05, 0) is 42.7 Å². The zero-order valence-corrected chi connectivity index (χ0v) is 16.4. The number of amides is 1. The van der Waals surface area contributed by atoms with Crippen molar-refractivity contribution in [1.82, 2.24) is 9.80 Å². The molecule has 2 aromatic carbocycles. The third kappa shape index (κ3) is 5.78. The molecule has 1 amide bonds. The molecule has 0 aliphatic carbocycles. The van der Waals surface area contributed by atoms with Crippen molar-refractivity contribution in [1.29, 1.82) is 0 Å².